The van der Waals surface area contributed by atoms with Gasteiger partial charge in [-0.2, -0.15) is 0 Å². The van der Waals surface area contributed by atoms with Gasteiger partial charge in [0, 0.05) is 31.1 Å². The molecule has 29 heavy (non-hydrogen) atoms. The van der Waals surface area contributed by atoms with E-state index in [1.165, 1.54) is 31.9 Å². The van der Waals surface area contributed by atoms with Crippen molar-refractivity contribution in [2.45, 2.75) is 69.2 Å². The second-order valence-corrected chi connectivity index (χ2v) is 10.0. The Balaban J connectivity index is 1.44. The van der Waals surface area contributed by atoms with Crippen LogP contribution in [0.2, 0.25) is 0 Å². The Hall–Kier alpha value is -1.93. The van der Waals surface area contributed by atoms with Gasteiger partial charge in [0.05, 0.1) is 4.90 Å². The summed E-state index contributed by atoms with van der Waals surface area (Å²) in [5, 5.41) is 5.80. The highest BCUT2D eigenvalue weighted by atomic mass is 32.2. The van der Waals surface area contributed by atoms with E-state index in [4.69, 9.17) is 0 Å². The number of sulfonamides is 1. The normalized spacial score (nSPS) is 22.9. The van der Waals surface area contributed by atoms with E-state index in [1.807, 2.05) is 0 Å². The predicted molar refractivity (Wildman–Crippen MR) is 112 cm³/mol. The van der Waals surface area contributed by atoms with E-state index in [1.54, 1.807) is 12.1 Å². The molecule has 0 bridgehead atoms. The second kappa shape index (κ2) is 9.71. The van der Waals surface area contributed by atoms with Gasteiger partial charge in [-0.15, -0.1) is 0 Å². The van der Waals surface area contributed by atoms with Crippen LogP contribution in [-0.2, 0) is 19.6 Å². The summed E-state index contributed by atoms with van der Waals surface area (Å²) in [6, 6.07) is 6.47. The van der Waals surface area contributed by atoms with E-state index in [2.05, 4.69) is 15.4 Å². The lowest BCUT2D eigenvalue weighted by Crippen LogP contribution is -2.39. The molecular weight excluding hydrogens is 390 g/mol. The van der Waals surface area contributed by atoms with Crippen molar-refractivity contribution in [3.8, 4) is 0 Å². The molecule has 1 aromatic carbocycles. The first-order valence-corrected chi connectivity index (χ1v) is 12.0. The highest BCUT2D eigenvalue weighted by Crippen LogP contribution is 2.29. The van der Waals surface area contributed by atoms with E-state index in [9.17, 15) is 18.0 Å². The summed E-state index contributed by atoms with van der Waals surface area (Å²) in [5.41, 5.74) is 0.561. The third kappa shape index (κ3) is 6.27. The highest BCUT2D eigenvalue weighted by molar-refractivity contribution is 7.89. The molecule has 2 aliphatic rings. The fourth-order valence-corrected chi connectivity index (χ4v) is 5.37. The van der Waals surface area contributed by atoms with Gasteiger partial charge in [-0.1, -0.05) is 12.8 Å². The third-order valence-electron chi connectivity index (χ3n) is 5.97. The summed E-state index contributed by atoms with van der Waals surface area (Å²) in [5.74, 6) is 0.283. The van der Waals surface area contributed by atoms with Crippen molar-refractivity contribution in [2.24, 2.45) is 11.8 Å². The molecule has 0 heterocycles. The Labute approximate surface area is 173 Å². The van der Waals surface area contributed by atoms with Gasteiger partial charge in [0.25, 0.3) is 0 Å². The molecule has 1 aromatic rings. The van der Waals surface area contributed by atoms with Gasteiger partial charge in [-0.25, -0.2) is 13.1 Å². The van der Waals surface area contributed by atoms with Gasteiger partial charge in [0.15, 0.2) is 0 Å². The molecule has 0 saturated heterocycles. The monoisotopic (exact) mass is 421 g/mol. The summed E-state index contributed by atoms with van der Waals surface area (Å²) in [6.45, 7) is 1.78. The standard InChI is InChI=1S/C21H31N3O4S/c1-15(25)23-19-10-12-20(13-11-19)29(27,28)22-14-16-6-8-17(9-7-16)21(26)24-18-4-2-3-5-18/h10-13,16-18,22H,2-9,14H2,1H3,(H,23,25)(H,24,26). The minimum absolute atomic E-state index is 0.0600. The van der Waals surface area contributed by atoms with E-state index in [0.717, 1.165) is 38.5 Å². The predicted octanol–water partition coefficient (Wildman–Crippen LogP) is 2.79. The molecule has 0 aliphatic heterocycles. The summed E-state index contributed by atoms with van der Waals surface area (Å²) < 4.78 is 27.7. The van der Waals surface area contributed by atoms with Crippen molar-refractivity contribution < 1.29 is 18.0 Å². The zero-order valence-corrected chi connectivity index (χ0v) is 17.8. The maximum absolute atomic E-state index is 12.5. The van der Waals surface area contributed by atoms with Crippen LogP contribution in [0.4, 0.5) is 5.69 Å². The molecule has 2 fully saturated rings. The van der Waals surface area contributed by atoms with Crippen LogP contribution >= 0.6 is 0 Å². The zero-order valence-electron chi connectivity index (χ0n) is 16.9. The van der Waals surface area contributed by atoms with Crippen LogP contribution < -0.4 is 15.4 Å². The van der Waals surface area contributed by atoms with Crippen LogP contribution in [0.15, 0.2) is 29.2 Å². The summed E-state index contributed by atoms with van der Waals surface area (Å²) >= 11 is 0. The third-order valence-corrected chi connectivity index (χ3v) is 7.41. The summed E-state index contributed by atoms with van der Waals surface area (Å²) in [4.78, 5) is 23.6. The first kappa shape index (κ1) is 21.8. The number of benzene rings is 1. The average Bonchev–Trinajstić information content (AvgIpc) is 3.20. The van der Waals surface area contributed by atoms with Gasteiger partial charge >= 0.3 is 0 Å². The Morgan fingerprint density at radius 1 is 0.966 bits per heavy atom. The minimum Gasteiger partial charge on any atom is -0.353 e. The number of carbonyl (C=O) groups excluding carboxylic acids is 2. The smallest absolute Gasteiger partial charge is 0.240 e. The molecule has 0 radical (unpaired) electrons. The van der Waals surface area contributed by atoms with Crippen LogP contribution in [0.3, 0.4) is 0 Å². The molecule has 160 valence electrons. The lowest BCUT2D eigenvalue weighted by molar-refractivity contribution is -0.126. The van der Waals surface area contributed by atoms with Crippen molar-refractivity contribution in [3.63, 3.8) is 0 Å². The Bertz CT molecular complexity index is 809. The van der Waals surface area contributed by atoms with E-state index < -0.39 is 10.0 Å². The molecule has 0 spiro atoms. The van der Waals surface area contributed by atoms with E-state index in [0.29, 0.717) is 18.3 Å². The van der Waals surface area contributed by atoms with E-state index >= 15 is 0 Å². The lowest BCUT2D eigenvalue weighted by atomic mass is 9.81. The van der Waals surface area contributed by atoms with Crippen molar-refractivity contribution in [3.05, 3.63) is 24.3 Å². The molecule has 2 amide bonds. The van der Waals surface area contributed by atoms with Crippen LogP contribution in [0.5, 0.6) is 0 Å². The molecule has 0 atom stereocenters. The Morgan fingerprint density at radius 2 is 1.59 bits per heavy atom. The van der Waals surface area contributed by atoms with Crippen molar-refractivity contribution >= 4 is 27.5 Å². The van der Waals surface area contributed by atoms with Gasteiger partial charge < -0.3 is 10.6 Å². The Kier molecular flexibility index (Phi) is 7.29. The molecule has 2 saturated carbocycles. The largest absolute Gasteiger partial charge is 0.353 e. The molecule has 3 N–H and O–H groups in total. The molecule has 0 aromatic heterocycles. The van der Waals surface area contributed by atoms with Crippen molar-refractivity contribution in [2.75, 3.05) is 11.9 Å². The number of nitrogens with one attached hydrogen (secondary N) is 3. The average molecular weight is 422 g/mol. The van der Waals surface area contributed by atoms with Crippen LogP contribution in [0.1, 0.15) is 58.3 Å². The van der Waals surface area contributed by atoms with Crippen LogP contribution in [-0.4, -0.2) is 32.8 Å². The quantitative estimate of drug-likeness (QED) is 0.630. The zero-order chi connectivity index (χ0) is 20.9. The number of carbonyl (C=O) groups is 2. The lowest BCUT2D eigenvalue weighted by Gasteiger charge is -2.28. The van der Waals surface area contributed by atoms with Crippen molar-refractivity contribution in [1.82, 2.24) is 10.0 Å². The van der Waals surface area contributed by atoms with Crippen LogP contribution in [0.25, 0.3) is 0 Å². The molecule has 3 rings (SSSR count). The van der Waals surface area contributed by atoms with E-state index in [-0.39, 0.29) is 28.5 Å². The molecule has 7 nitrogen and oxygen atoms in total. The molecule has 2 aliphatic carbocycles. The topological polar surface area (TPSA) is 104 Å². The van der Waals surface area contributed by atoms with Crippen molar-refractivity contribution in [1.29, 1.82) is 0 Å². The number of amides is 2. The van der Waals surface area contributed by atoms with Gasteiger partial charge in [0.1, 0.15) is 0 Å². The number of hydrogen-bond donors (Lipinski definition) is 3. The minimum atomic E-state index is -3.59. The second-order valence-electron chi connectivity index (χ2n) is 8.27. The SMILES string of the molecule is CC(=O)Nc1ccc(S(=O)(=O)NCC2CCC(C(=O)NC3CCCC3)CC2)cc1. The number of hydrogen-bond acceptors (Lipinski definition) is 4. The fourth-order valence-electron chi connectivity index (χ4n) is 4.25. The molecule has 0 unspecified atom stereocenters. The Morgan fingerprint density at radius 3 is 2.17 bits per heavy atom. The maximum atomic E-state index is 12.5. The number of anilines is 1. The summed E-state index contributed by atoms with van der Waals surface area (Å²) in [7, 11) is -3.59. The number of rotatable bonds is 7. The molecular formula is C21H31N3O4S. The maximum Gasteiger partial charge on any atom is 0.240 e. The highest BCUT2D eigenvalue weighted by Gasteiger charge is 2.29. The first-order chi connectivity index (χ1) is 13.8. The van der Waals surface area contributed by atoms with Gasteiger partial charge in [0.2, 0.25) is 21.8 Å². The fraction of sp³-hybridized carbons (Fsp3) is 0.619. The van der Waals surface area contributed by atoms with Gasteiger partial charge in [-0.05, 0) is 68.7 Å². The van der Waals surface area contributed by atoms with Crippen LogP contribution in [0, 0.1) is 11.8 Å². The summed E-state index contributed by atoms with van der Waals surface area (Å²) in [6.07, 6.45) is 7.93. The molecule has 8 heteroatoms. The first-order valence-electron chi connectivity index (χ1n) is 10.5. The van der Waals surface area contributed by atoms with Gasteiger partial charge in [-0.3, -0.25) is 9.59 Å².